The van der Waals surface area contributed by atoms with Crippen molar-refractivity contribution in [3.05, 3.63) is 42.2 Å². The van der Waals surface area contributed by atoms with Gasteiger partial charge in [-0.05, 0) is 30.5 Å². The first-order valence-electron chi connectivity index (χ1n) is 6.87. The Hall–Kier alpha value is -1.86. The third-order valence-electron chi connectivity index (χ3n) is 3.36. The largest absolute Gasteiger partial charge is 0.310 e. The molecule has 0 aliphatic heterocycles. The fourth-order valence-electron chi connectivity index (χ4n) is 2.02. The first-order valence-corrected chi connectivity index (χ1v) is 8.35. The van der Waals surface area contributed by atoms with E-state index in [1.54, 1.807) is 30.1 Å². The summed E-state index contributed by atoms with van der Waals surface area (Å²) in [6.45, 7) is 0.779. The molecule has 1 aromatic carbocycles. The van der Waals surface area contributed by atoms with Crippen molar-refractivity contribution in [2.45, 2.75) is 30.3 Å². The molecule has 6 nitrogen and oxygen atoms in total. The number of aromatic nitrogens is 2. The van der Waals surface area contributed by atoms with Gasteiger partial charge in [0, 0.05) is 25.8 Å². The average molecular weight is 306 g/mol. The molecule has 0 atom stereocenters. The Morgan fingerprint density at radius 1 is 1.29 bits per heavy atom. The minimum absolute atomic E-state index is 0.251. The highest BCUT2D eigenvalue weighted by molar-refractivity contribution is 7.92. The summed E-state index contributed by atoms with van der Waals surface area (Å²) in [4.78, 5) is 0.251. The van der Waals surface area contributed by atoms with Gasteiger partial charge in [0.2, 0.25) is 0 Å². The van der Waals surface area contributed by atoms with Crippen LogP contribution in [0.15, 0.2) is 41.6 Å². The lowest BCUT2D eigenvalue weighted by Gasteiger charge is -2.07. The van der Waals surface area contributed by atoms with Gasteiger partial charge in [0.05, 0.1) is 16.8 Å². The Bertz CT molecular complexity index is 718. The molecule has 1 aliphatic rings. The summed E-state index contributed by atoms with van der Waals surface area (Å²) >= 11 is 0. The molecule has 112 valence electrons. The molecule has 1 heterocycles. The van der Waals surface area contributed by atoms with Crippen molar-refractivity contribution < 1.29 is 8.42 Å². The topological polar surface area (TPSA) is 76.0 Å². The van der Waals surface area contributed by atoms with E-state index < -0.39 is 10.0 Å². The second-order valence-corrected chi connectivity index (χ2v) is 6.99. The van der Waals surface area contributed by atoms with E-state index in [4.69, 9.17) is 0 Å². The minimum atomic E-state index is -3.56. The lowest BCUT2D eigenvalue weighted by atomic mass is 10.2. The first kappa shape index (κ1) is 14.1. The number of nitrogens with zero attached hydrogens (tertiary/aromatic N) is 2. The molecule has 0 spiro atoms. The Labute approximate surface area is 124 Å². The van der Waals surface area contributed by atoms with Crippen LogP contribution >= 0.6 is 0 Å². The van der Waals surface area contributed by atoms with Gasteiger partial charge in [-0.1, -0.05) is 12.1 Å². The molecule has 3 rings (SSSR count). The molecule has 21 heavy (non-hydrogen) atoms. The number of anilines is 1. The normalized spacial score (nSPS) is 15.1. The molecule has 1 aliphatic carbocycles. The van der Waals surface area contributed by atoms with Crippen LogP contribution in [0.3, 0.4) is 0 Å². The number of aryl methyl sites for hydroxylation is 1. The average Bonchev–Trinajstić information content (AvgIpc) is 3.20. The second-order valence-electron chi connectivity index (χ2n) is 5.31. The summed E-state index contributed by atoms with van der Waals surface area (Å²) in [5.74, 6) is 0. The van der Waals surface area contributed by atoms with Crippen LogP contribution in [-0.2, 0) is 23.6 Å². The second kappa shape index (κ2) is 5.50. The lowest BCUT2D eigenvalue weighted by Crippen LogP contribution is -2.16. The fourth-order valence-corrected chi connectivity index (χ4v) is 3.05. The number of sulfonamides is 1. The van der Waals surface area contributed by atoms with Gasteiger partial charge in [-0.15, -0.1) is 0 Å². The van der Waals surface area contributed by atoms with Crippen LogP contribution in [0.5, 0.6) is 0 Å². The van der Waals surface area contributed by atoms with Gasteiger partial charge in [0.25, 0.3) is 10.0 Å². The maximum Gasteiger partial charge on any atom is 0.261 e. The maximum absolute atomic E-state index is 12.2. The van der Waals surface area contributed by atoms with E-state index in [2.05, 4.69) is 15.1 Å². The van der Waals surface area contributed by atoms with E-state index in [9.17, 15) is 8.42 Å². The predicted molar refractivity (Wildman–Crippen MR) is 80.3 cm³/mol. The van der Waals surface area contributed by atoms with Crippen molar-refractivity contribution in [2.24, 2.45) is 7.05 Å². The SMILES string of the molecule is Cn1cc(NS(=O)(=O)c2ccc(CNC3CC3)cc2)cn1. The zero-order valence-electron chi connectivity index (χ0n) is 11.8. The predicted octanol–water partition coefficient (Wildman–Crippen LogP) is 1.47. The van der Waals surface area contributed by atoms with E-state index in [1.807, 2.05) is 12.1 Å². The minimum Gasteiger partial charge on any atom is -0.310 e. The number of hydrogen-bond donors (Lipinski definition) is 2. The molecule has 0 amide bonds. The molecule has 2 aromatic rings. The van der Waals surface area contributed by atoms with Crippen molar-refractivity contribution in [3.63, 3.8) is 0 Å². The van der Waals surface area contributed by atoms with Gasteiger partial charge >= 0.3 is 0 Å². The summed E-state index contributed by atoms with van der Waals surface area (Å²) in [6.07, 6.45) is 5.57. The number of nitrogens with one attached hydrogen (secondary N) is 2. The molecular weight excluding hydrogens is 288 g/mol. The lowest BCUT2D eigenvalue weighted by molar-refractivity contribution is 0.601. The summed E-state index contributed by atoms with van der Waals surface area (Å²) in [7, 11) is -1.82. The Kier molecular flexibility index (Phi) is 3.69. The summed E-state index contributed by atoms with van der Waals surface area (Å²) in [5, 5.41) is 7.33. The van der Waals surface area contributed by atoms with Gasteiger partial charge in [-0.25, -0.2) is 8.42 Å². The highest BCUT2D eigenvalue weighted by Crippen LogP contribution is 2.20. The van der Waals surface area contributed by atoms with Crippen molar-refractivity contribution in [2.75, 3.05) is 4.72 Å². The number of hydrogen-bond acceptors (Lipinski definition) is 4. The van der Waals surface area contributed by atoms with Gasteiger partial charge in [-0.2, -0.15) is 5.10 Å². The van der Waals surface area contributed by atoms with Crippen molar-refractivity contribution >= 4 is 15.7 Å². The Morgan fingerprint density at radius 3 is 2.57 bits per heavy atom. The molecule has 1 fully saturated rings. The van der Waals surface area contributed by atoms with Gasteiger partial charge in [-0.3, -0.25) is 9.40 Å². The Balaban J connectivity index is 1.69. The molecule has 0 radical (unpaired) electrons. The smallest absolute Gasteiger partial charge is 0.261 e. The molecular formula is C14H18N4O2S. The van der Waals surface area contributed by atoms with Crippen molar-refractivity contribution in [3.8, 4) is 0 Å². The van der Waals surface area contributed by atoms with E-state index in [1.165, 1.54) is 19.0 Å². The third-order valence-corrected chi connectivity index (χ3v) is 4.76. The van der Waals surface area contributed by atoms with E-state index in [-0.39, 0.29) is 4.90 Å². The highest BCUT2D eigenvalue weighted by atomic mass is 32.2. The molecule has 0 saturated heterocycles. The highest BCUT2D eigenvalue weighted by Gasteiger charge is 2.20. The summed E-state index contributed by atoms with van der Waals surface area (Å²) in [6, 6.07) is 7.58. The van der Waals surface area contributed by atoms with Gasteiger partial charge in [0.15, 0.2) is 0 Å². The monoisotopic (exact) mass is 306 g/mol. The van der Waals surface area contributed by atoms with Crippen LogP contribution in [0, 0.1) is 0 Å². The molecule has 2 N–H and O–H groups in total. The maximum atomic E-state index is 12.2. The zero-order chi connectivity index (χ0) is 14.9. The van der Waals surface area contributed by atoms with E-state index >= 15 is 0 Å². The number of benzene rings is 1. The van der Waals surface area contributed by atoms with Crippen molar-refractivity contribution in [1.29, 1.82) is 0 Å². The molecule has 7 heteroatoms. The first-order chi connectivity index (χ1) is 10.0. The zero-order valence-corrected chi connectivity index (χ0v) is 12.6. The van der Waals surface area contributed by atoms with Gasteiger partial charge in [0.1, 0.15) is 0 Å². The number of rotatable bonds is 6. The van der Waals surface area contributed by atoms with Crippen LogP contribution in [0.25, 0.3) is 0 Å². The van der Waals surface area contributed by atoms with Crippen molar-refractivity contribution in [1.82, 2.24) is 15.1 Å². The molecule has 0 unspecified atom stereocenters. The van der Waals surface area contributed by atoms with Crippen LogP contribution in [0.1, 0.15) is 18.4 Å². The van der Waals surface area contributed by atoms with Crippen LogP contribution in [0.4, 0.5) is 5.69 Å². The summed E-state index contributed by atoms with van der Waals surface area (Å²) in [5.41, 5.74) is 1.54. The van der Waals surface area contributed by atoms with Crippen LogP contribution in [0.2, 0.25) is 0 Å². The standard InChI is InChI=1S/C14H18N4O2S/c1-18-10-13(9-16-18)17-21(19,20)14-6-2-11(3-7-14)8-15-12-4-5-12/h2-3,6-7,9-10,12,15,17H,4-5,8H2,1H3. The Morgan fingerprint density at radius 2 is 2.00 bits per heavy atom. The molecule has 1 saturated carbocycles. The quantitative estimate of drug-likeness (QED) is 0.847. The van der Waals surface area contributed by atoms with Crippen LogP contribution in [-0.4, -0.2) is 24.2 Å². The molecule has 1 aromatic heterocycles. The molecule has 0 bridgehead atoms. The van der Waals surface area contributed by atoms with E-state index in [0.717, 1.165) is 12.1 Å². The third kappa shape index (κ3) is 3.62. The van der Waals surface area contributed by atoms with Gasteiger partial charge < -0.3 is 5.32 Å². The summed E-state index contributed by atoms with van der Waals surface area (Å²) < 4.78 is 28.5. The van der Waals surface area contributed by atoms with Crippen LogP contribution < -0.4 is 10.0 Å². The fraction of sp³-hybridized carbons (Fsp3) is 0.357. The van der Waals surface area contributed by atoms with E-state index in [0.29, 0.717) is 11.7 Å².